The van der Waals surface area contributed by atoms with Crippen molar-refractivity contribution in [3.8, 4) is 0 Å². The molecule has 1 nitrogen and oxygen atoms in total. The SMILES string of the molecule is CC.CC.COCC(C)(C)C(C)C. The Kier molecular flexibility index (Phi) is 17.2. The number of methoxy groups -OCH3 is 1. The molecule has 0 aliphatic rings. The smallest absolute Gasteiger partial charge is 0.0515 e. The average Bonchev–Trinajstić information content (AvgIpc) is 2.11. The lowest BCUT2D eigenvalue weighted by molar-refractivity contribution is 0.0717. The number of rotatable bonds is 3. The van der Waals surface area contributed by atoms with E-state index in [0.717, 1.165) is 6.61 Å². The second-order valence-electron chi connectivity index (χ2n) is 3.58. The lowest BCUT2D eigenvalue weighted by Gasteiger charge is -2.27. The standard InChI is InChI=1S/C8H18O.2C2H6/c1-7(2)8(3,4)6-9-5;2*1-2/h7H,6H2,1-5H3;2*1-2H3. The molecule has 0 radical (unpaired) electrons. The van der Waals surface area contributed by atoms with Crippen LogP contribution < -0.4 is 0 Å². The van der Waals surface area contributed by atoms with E-state index in [1.807, 2.05) is 27.7 Å². The van der Waals surface area contributed by atoms with Crippen molar-refractivity contribution in [2.75, 3.05) is 13.7 Å². The zero-order valence-corrected chi connectivity index (χ0v) is 11.2. The zero-order valence-electron chi connectivity index (χ0n) is 11.2. The Hall–Kier alpha value is -0.0400. The Morgan fingerprint density at radius 2 is 1.31 bits per heavy atom. The summed E-state index contributed by atoms with van der Waals surface area (Å²) in [5.74, 6) is 0.692. The van der Waals surface area contributed by atoms with E-state index in [2.05, 4.69) is 27.7 Å². The second kappa shape index (κ2) is 12.0. The Balaban J connectivity index is -0.000000218. The molecule has 0 rings (SSSR count). The van der Waals surface area contributed by atoms with Crippen LogP contribution in [0.15, 0.2) is 0 Å². The van der Waals surface area contributed by atoms with E-state index in [0.29, 0.717) is 11.3 Å². The summed E-state index contributed by atoms with van der Waals surface area (Å²) in [6.07, 6.45) is 0. The molecule has 0 aromatic heterocycles. The Bertz CT molecular complexity index is 75.2. The second-order valence-corrected chi connectivity index (χ2v) is 3.58. The van der Waals surface area contributed by atoms with Crippen LogP contribution in [0.1, 0.15) is 55.4 Å². The van der Waals surface area contributed by atoms with Crippen LogP contribution in [0.5, 0.6) is 0 Å². The molecule has 0 aliphatic carbocycles. The van der Waals surface area contributed by atoms with Crippen molar-refractivity contribution in [2.45, 2.75) is 55.4 Å². The molecule has 0 N–H and O–H groups in total. The fraction of sp³-hybridized carbons (Fsp3) is 1.00. The maximum absolute atomic E-state index is 5.07. The fourth-order valence-electron chi connectivity index (χ4n) is 0.539. The van der Waals surface area contributed by atoms with Gasteiger partial charge in [0.15, 0.2) is 0 Å². The van der Waals surface area contributed by atoms with E-state index in [1.165, 1.54) is 0 Å². The highest BCUT2D eigenvalue weighted by molar-refractivity contribution is 4.70. The van der Waals surface area contributed by atoms with E-state index in [-0.39, 0.29) is 0 Å². The van der Waals surface area contributed by atoms with Crippen LogP contribution in [0.2, 0.25) is 0 Å². The third-order valence-corrected chi connectivity index (χ3v) is 2.08. The van der Waals surface area contributed by atoms with Crippen LogP contribution in [0.25, 0.3) is 0 Å². The van der Waals surface area contributed by atoms with Crippen molar-refractivity contribution in [1.82, 2.24) is 0 Å². The van der Waals surface area contributed by atoms with Crippen LogP contribution >= 0.6 is 0 Å². The molecular formula is C12H30O. The molecule has 0 aromatic rings. The molecule has 0 fully saturated rings. The van der Waals surface area contributed by atoms with Crippen molar-refractivity contribution in [2.24, 2.45) is 11.3 Å². The largest absolute Gasteiger partial charge is 0.384 e. The molecule has 0 saturated carbocycles. The molecule has 84 valence electrons. The predicted octanol–water partition coefficient (Wildman–Crippen LogP) is 4.37. The van der Waals surface area contributed by atoms with Gasteiger partial charge in [0.25, 0.3) is 0 Å². The van der Waals surface area contributed by atoms with Gasteiger partial charge in [0.2, 0.25) is 0 Å². The highest BCUT2D eigenvalue weighted by Crippen LogP contribution is 2.25. The van der Waals surface area contributed by atoms with Gasteiger partial charge in [-0.1, -0.05) is 55.4 Å². The third-order valence-electron chi connectivity index (χ3n) is 2.08. The topological polar surface area (TPSA) is 9.23 Å². The van der Waals surface area contributed by atoms with Crippen LogP contribution in [0.4, 0.5) is 0 Å². The van der Waals surface area contributed by atoms with Crippen molar-refractivity contribution in [3.05, 3.63) is 0 Å². The van der Waals surface area contributed by atoms with E-state index in [9.17, 15) is 0 Å². The van der Waals surface area contributed by atoms with Crippen molar-refractivity contribution in [3.63, 3.8) is 0 Å². The summed E-state index contributed by atoms with van der Waals surface area (Å²) in [5.41, 5.74) is 0.328. The summed E-state index contributed by atoms with van der Waals surface area (Å²) in [4.78, 5) is 0. The van der Waals surface area contributed by atoms with Crippen LogP contribution in [0, 0.1) is 11.3 Å². The van der Waals surface area contributed by atoms with Crippen LogP contribution in [-0.2, 0) is 4.74 Å². The summed E-state index contributed by atoms with van der Waals surface area (Å²) in [6, 6.07) is 0. The number of hydrogen-bond donors (Lipinski definition) is 0. The van der Waals surface area contributed by atoms with Crippen LogP contribution in [0.3, 0.4) is 0 Å². The van der Waals surface area contributed by atoms with E-state index >= 15 is 0 Å². The van der Waals surface area contributed by atoms with Gasteiger partial charge < -0.3 is 4.74 Å². The van der Waals surface area contributed by atoms with Crippen molar-refractivity contribution < 1.29 is 4.74 Å². The molecule has 0 aromatic carbocycles. The molecular weight excluding hydrogens is 160 g/mol. The summed E-state index contributed by atoms with van der Waals surface area (Å²) >= 11 is 0. The van der Waals surface area contributed by atoms with Gasteiger partial charge in [0, 0.05) is 7.11 Å². The fourth-order valence-corrected chi connectivity index (χ4v) is 0.539. The van der Waals surface area contributed by atoms with Gasteiger partial charge in [-0.15, -0.1) is 0 Å². The summed E-state index contributed by atoms with van der Waals surface area (Å²) in [6.45, 7) is 17.7. The average molecular weight is 190 g/mol. The van der Waals surface area contributed by atoms with Gasteiger partial charge in [0.1, 0.15) is 0 Å². The zero-order chi connectivity index (χ0) is 11.5. The molecule has 0 amide bonds. The van der Waals surface area contributed by atoms with Crippen molar-refractivity contribution in [1.29, 1.82) is 0 Å². The molecule has 13 heavy (non-hydrogen) atoms. The normalized spacial score (nSPS) is 9.69. The minimum atomic E-state index is 0.328. The molecule has 0 heterocycles. The lowest BCUT2D eigenvalue weighted by atomic mass is 9.82. The Morgan fingerprint density at radius 3 is 1.38 bits per heavy atom. The van der Waals surface area contributed by atoms with Gasteiger partial charge in [-0.3, -0.25) is 0 Å². The highest BCUT2D eigenvalue weighted by Gasteiger charge is 2.21. The molecule has 0 atom stereocenters. The third kappa shape index (κ3) is 12.0. The molecule has 1 heteroatoms. The first-order valence-electron chi connectivity index (χ1n) is 5.49. The summed E-state index contributed by atoms with van der Waals surface area (Å²) in [5, 5.41) is 0. The van der Waals surface area contributed by atoms with Gasteiger partial charge in [-0.2, -0.15) is 0 Å². The summed E-state index contributed by atoms with van der Waals surface area (Å²) < 4.78 is 5.07. The molecule has 0 bridgehead atoms. The first-order valence-corrected chi connectivity index (χ1v) is 5.49. The van der Waals surface area contributed by atoms with Gasteiger partial charge in [-0.05, 0) is 11.3 Å². The Morgan fingerprint density at radius 1 is 1.00 bits per heavy atom. The molecule has 0 saturated heterocycles. The molecule has 0 spiro atoms. The van der Waals surface area contributed by atoms with E-state index in [1.54, 1.807) is 7.11 Å². The predicted molar refractivity (Wildman–Crippen MR) is 63.2 cm³/mol. The van der Waals surface area contributed by atoms with Crippen LogP contribution in [-0.4, -0.2) is 13.7 Å². The number of hydrogen-bond acceptors (Lipinski definition) is 1. The van der Waals surface area contributed by atoms with Gasteiger partial charge in [0.05, 0.1) is 6.61 Å². The minimum Gasteiger partial charge on any atom is -0.384 e. The maximum Gasteiger partial charge on any atom is 0.0515 e. The molecule has 0 unspecified atom stereocenters. The monoisotopic (exact) mass is 190 g/mol. The van der Waals surface area contributed by atoms with Gasteiger partial charge >= 0.3 is 0 Å². The first-order chi connectivity index (χ1) is 6.00. The highest BCUT2D eigenvalue weighted by atomic mass is 16.5. The maximum atomic E-state index is 5.07. The lowest BCUT2D eigenvalue weighted by Crippen LogP contribution is -2.24. The quantitative estimate of drug-likeness (QED) is 0.642. The minimum absolute atomic E-state index is 0.328. The summed E-state index contributed by atoms with van der Waals surface area (Å²) in [7, 11) is 1.75. The van der Waals surface area contributed by atoms with E-state index in [4.69, 9.17) is 4.74 Å². The Labute approximate surface area is 85.9 Å². The molecule has 0 aliphatic heterocycles. The van der Waals surface area contributed by atoms with Crippen molar-refractivity contribution >= 4 is 0 Å². The first kappa shape index (κ1) is 18.7. The number of ether oxygens (including phenoxy) is 1. The van der Waals surface area contributed by atoms with Gasteiger partial charge in [-0.25, -0.2) is 0 Å². The van der Waals surface area contributed by atoms with E-state index < -0.39 is 0 Å².